The van der Waals surface area contributed by atoms with Gasteiger partial charge in [-0.25, -0.2) is 4.68 Å². The van der Waals surface area contributed by atoms with E-state index in [1.807, 2.05) is 4.68 Å². The monoisotopic (exact) mass is 375 g/mol. The zero-order valence-electron chi connectivity index (χ0n) is 15.4. The molecule has 27 heavy (non-hydrogen) atoms. The van der Waals surface area contributed by atoms with Crippen molar-refractivity contribution in [2.24, 2.45) is 5.73 Å². The number of benzene rings is 1. The highest BCUT2D eigenvalue weighted by Gasteiger charge is 2.28. The van der Waals surface area contributed by atoms with Gasteiger partial charge in [-0.15, -0.1) is 5.10 Å². The molecule has 1 atom stereocenters. The molecule has 0 bridgehead atoms. The van der Waals surface area contributed by atoms with E-state index in [-0.39, 0.29) is 17.5 Å². The largest absolute Gasteiger partial charge is 0.490 e. The summed E-state index contributed by atoms with van der Waals surface area (Å²) in [5, 5.41) is 27.1. The lowest BCUT2D eigenvalue weighted by Crippen LogP contribution is -2.31. The van der Waals surface area contributed by atoms with Gasteiger partial charge in [-0.1, -0.05) is 25.3 Å². The van der Waals surface area contributed by atoms with Crippen LogP contribution in [0.5, 0.6) is 5.75 Å². The lowest BCUT2D eigenvalue weighted by Gasteiger charge is -2.25. The van der Waals surface area contributed by atoms with E-state index in [1.54, 1.807) is 12.1 Å². The quantitative estimate of drug-likeness (QED) is 0.526. The van der Waals surface area contributed by atoms with Gasteiger partial charge in [0, 0.05) is 19.2 Å². The molecule has 0 amide bonds. The molecule has 1 saturated carbocycles. The molecule has 10 nitrogen and oxygen atoms in total. The average Bonchev–Trinajstić information content (AvgIpc) is 3.18. The highest BCUT2D eigenvalue weighted by atomic mass is 16.6. The molecule has 3 rings (SSSR count). The van der Waals surface area contributed by atoms with E-state index in [0.717, 1.165) is 25.7 Å². The van der Waals surface area contributed by atoms with Crippen molar-refractivity contribution in [3.8, 4) is 5.75 Å². The summed E-state index contributed by atoms with van der Waals surface area (Å²) >= 11 is 0. The van der Waals surface area contributed by atoms with Crippen LogP contribution >= 0.6 is 0 Å². The van der Waals surface area contributed by atoms with Gasteiger partial charge in [-0.3, -0.25) is 10.1 Å². The predicted octanol–water partition coefficient (Wildman–Crippen LogP) is 1.73. The van der Waals surface area contributed by atoms with Crippen LogP contribution in [0.3, 0.4) is 0 Å². The second-order valence-corrected chi connectivity index (χ2v) is 6.64. The summed E-state index contributed by atoms with van der Waals surface area (Å²) in [5.74, 6) is 0.864. The van der Waals surface area contributed by atoms with Crippen LogP contribution in [0.4, 0.5) is 5.69 Å². The summed E-state index contributed by atoms with van der Waals surface area (Å²) in [4.78, 5) is 11.0. The van der Waals surface area contributed by atoms with Crippen LogP contribution in [0.2, 0.25) is 0 Å². The number of ether oxygens (including phenoxy) is 1. The summed E-state index contributed by atoms with van der Waals surface area (Å²) in [5.41, 5.74) is 6.27. The van der Waals surface area contributed by atoms with Crippen molar-refractivity contribution in [2.45, 2.75) is 44.2 Å². The minimum Gasteiger partial charge on any atom is -0.490 e. The molecule has 1 fully saturated rings. The molecule has 3 N–H and O–H groups in total. The molecule has 1 unspecified atom stereocenters. The SMILES string of the molecule is COc1ccc(C(NCCN)c2nnnn2C2CCCCC2)cc1[N+](=O)[O-]. The second kappa shape index (κ2) is 8.87. The second-order valence-electron chi connectivity index (χ2n) is 6.64. The van der Waals surface area contributed by atoms with Crippen LogP contribution in [-0.2, 0) is 0 Å². The Balaban J connectivity index is 1.99. The molecule has 0 saturated heterocycles. The number of aromatic nitrogens is 4. The Morgan fingerprint density at radius 1 is 1.41 bits per heavy atom. The van der Waals surface area contributed by atoms with Crippen LogP contribution in [0.1, 0.15) is 55.6 Å². The minimum absolute atomic E-state index is 0.0914. The fourth-order valence-corrected chi connectivity index (χ4v) is 3.59. The van der Waals surface area contributed by atoms with Crippen molar-refractivity contribution in [3.63, 3.8) is 0 Å². The third kappa shape index (κ3) is 4.22. The zero-order chi connectivity index (χ0) is 19.2. The number of hydrogen-bond acceptors (Lipinski definition) is 8. The molecule has 2 aromatic rings. The topological polar surface area (TPSA) is 134 Å². The highest BCUT2D eigenvalue weighted by Crippen LogP contribution is 2.34. The molecule has 0 aliphatic heterocycles. The number of tetrazole rings is 1. The van der Waals surface area contributed by atoms with E-state index in [4.69, 9.17) is 10.5 Å². The minimum atomic E-state index is -0.452. The van der Waals surface area contributed by atoms with Gasteiger partial charge in [0.2, 0.25) is 0 Å². The maximum atomic E-state index is 11.4. The summed E-state index contributed by atoms with van der Waals surface area (Å²) in [6.07, 6.45) is 5.60. The summed E-state index contributed by atoms with van der Waals surface area (Å²) < 4.78 is 6.97. The maximum absolute atomic E-state index is 11.4. The lowest BCUT2D eigenvalue weighted by atomic mass is 9.95. The Hall–Kier alpha value is -2.59. The van der Waals surface area contributed by atoms with E-state index < -0.39 is 11.0 Å². The van der Waals surface area contributed by atoms with Crippen molar-refractivity contribution < 1.29 is 9.66 Å². The summed E-state index contributed by atoms with van der Waals surface area (Å²) in [6, 6.07) is 4.75. The fraction of sp³-hybridized carbons (Fsp3) is 0.588. The molecule has 1 aromatic heterocycles. The first-order valence-corrected chi connectivity index (χ1v) is 9.19. The van der Waals surface area contributed by atoms with Gasteiger partial charge in [-0.2, -0.15) is 0 Å². The van der Waals surface area contributed by atoms with Gasteiger partial charge >= 0.3 is 5.69 Å². The number of hydrogen-bond donors (Lipinski definition) is 2. The number of nitrogens with two attached hydrogens (primary N) is 1. The number of methoxy groups -OCH3 is 1. The number of nitro benzene ring substituents is 1. The van der Waals surface area contributed by atoms with Crippen LogP contribution < -0.4 is 15.8 Å². The first kappa shape index (κ1) is 19.2. The molecule has 1 heterocycles. The van der Waals surface area contributed by atoms with Crippen LogP contribution in [0.15, 0.2) is 18.2 Å². The van der Waals surface area contributed by atoms with Crippen LogP contribution in [0, 0.1) is 10.1 Å². The van der Waals surface area contributed by atoms with Crippen molar-refractivity contribution in [1.29, 1.82) is 0 Å². The van der Waals surface area contributed by atoms with Crippen molar-refractivity contribution >= 4 is 5.69 Å². The molecule has 1 aliphatic carbocycles. The third-order valence-electron chi connectivity index (χ3n) is 4.92. The molecule has 146 valence electrons. The van der Waals surface area contributed by atoms with Gasteiger partial charge in [0.15, 0.2) is 11.6 Å². The summed E-state index contributed by atoms with van der Waals surface area (Å²) in [7, 11) is 1.41. The first-order chi connectivity index (χ1) is 13.2. The van der Waals surface area contributed by atoms with Crippen molar-refractivity contribution in [2.75, 3.05) is 20.2 Å². The van der Waals surface area contributed by atoms with Gasteiger partial charge < -0.3 is 15.8 Å². The molecular weight excluding hydrogens is 350 g/mol. The lowest BCUT2D eigenvalue weighted by molar-refractivity contribution is -0.385. The molecule has 0 spiro atoms. The van der Waals surface area contributed by atoms with E-state index >= 15 is 0 Å². The smallest absolute Gasteiger partial charge is 0.311 e. The fourth-order valence-electron chi connectivity index (χ4n) is 3.59. The average molecular weight is 375 g/mol. The van der Waals surface area contributed by atoms with Gasteiger partial charge in [-0.05, 0) is 34.9 Å². The Morgan fingerprint density at radius 2 is 2.19 bits per heavy atom. The highest BCUT2D eigenvalue weighted by molar-refractivity contribution is 5.50. The van der Waals surface area contributed by atoms with E-state index in [0.29, 0.717) is 24.5 Å². The van der Waals surface area contributed by atoms with Crippen molar-refractivity contribution in [3.05, 3.63) is 39.7 Å². The Bertz CT molecular complexity index is 774. The standard InChI is InChI=1S/C17H25N7O3/c1-27-15-8-7-12(11-14(15)24(25)26)16(19-10-9-18)17-20-21-22-23(17)13-5-3-2-4-6-13/h7-8,11,13,16,19H,2-6,9-10,18H2,1H3. The molecule has 10 heteroatoms. The third-order valence-corrected chi connectivity index (χ3v) is 4.92. The van der Waals surface area contributed by atoms with E-state index in [2.05, 4.69) is 20.8 Å². The molecule has 1 aromatic carbocycles. The van der Waals surface area contributed by atoms with Crippen LogP contribution in [-0.4, -0.2) is 45.3 Å². The van der Waals surface area contributed by atoms with Gasteiger partial charge in [0.05, 0.1) is 24.1 Å². The molecule has 0 radical (unpaired) electrons. The Labute approximate surface area is 157 Å². The molecule has 1 aliphatic rings. The van der Waals surface area contributed by atoms with Gasteiger partial charge in [0.25, 0.3) is 0 Å². The zero-order valence-corrected chi connectivity index (χ0v) is 15.4. The molecular formula is C17H25N7O3. The predicted molar refractivity (Wildman–Crippen MR) is 98.5 cm³/mol. The maximum Gasteiger partial charge on any atom is 0.311 e. The number of nitro groups is 1. The van der Waals surface area contributed by atoms with E-state index in [1.165, 1.54) is 19.6 Å². The number of nitrogens with one attached hydrogen (secondary N) is 1. The first-order valence-electron chi connectivity index (χ1n) is 9.19. The van der Waals surface area contributed by atoms with Gasteiger partial charge in [0.1, 0.15) is 0 Å². The normalized spacial score (nSPS) is 16.2. The van der Waals surface area contributed by atoms with Crippen molar-refractivity contribution in [1.82, 2.24) is 25.5 Å². The Morgan fingerprint density at radius 3 is 2.85 bits per heavy atom. The summed E-state index contributed by atoms with van der Waals surface area (Å²) in [6.45, 7) is 0.960. The van der Waals surface area contributed by atoms with E-state index in [9.17, 15) is 10.1 Å². The number of rotatable bonds is 8. The Kier molecular flexibility index (Phi) is 6.30. The van der Waals surface area contributed by atoms with Crippen LogP contribution in [0.25, 0.3) is 0 Å². The number of nitrogens with zero attached hydrogens (tertiary/aromatic N) is 5.